The molecule has 1 N–H and O–H groups in total. The van der Waals surface area contributed by atoms with Crippen LogP contribution in [-0.2, 0) is 19.5 Å². The van der Waals surface area contributed by atoms with Crippen molar-refractivity contribution in [2.75, 3.05) is 13.1 Å². The molecule has 8 heteroatoms. The average Bonchev–Trinajstić information content (AvgIpc) is 3.17. The molecule has 184 valence electrons. The molecule has 0 saturated carbocycles. The summed E-state index contributed by atoms with van der Waals surface area (Å²) >= 11 is 12.3. The van der Waals surface area contributed by atoms with Crippen LogP contribution in [0.4, 0.5) is 9.18 Å². The van der Waals surface area contributed by atoms with Crippen LogP contribution in [0.3, 0.4) is 0 Å². The molecule has 0 bridgehead atoms. The number of carbonyl (C=O) groups is 1. The van der Waals surface area contributed by atoms with Gasteiger partial charge >= 0.3 is 6.03 Å². The fourth-order valence-corrected chi connectivity index (χ4v) is 5.00. The van der Waals surface area contributed by atoms with Gasteiger partial charge in [-0.15, -0.1) is 0 Å². The number of benzene rings is 2. The van der Waals surface area contributed by atoms with Crippen molar-refractivity contribution in [1.29, 1.82) is 0 Å². The highest BCUT2D eigenvalue weighted by Crippen LogP contribution is 2.32. The van der Waals surface area contributed by atoms with E-state index in [-0.39, 0.29) is 11.8 Å². The lowest BCUT2D eigenvalue weighted by Crippen LogP contribution is -2.34. The van der Waals surface area contributed by atoms with Crippen molar-refractivity contribution in [3.8, 4) is 0 Å². The Morgan fingerprint density at radius 3 is 2.83 bits per heavy atom. The predicted molar refractivity (Wildman–Crippen MR) is 143 cm³/mol. The van der Waals surface area contributed by atoms with Gasteiger partial charge in [-0.3, -0.25) is 9.47 Å². The summed E-state index contributed by atoms with van der Waals surface area (Å²) in [6.07, 6.45) is 6.34. The molecule has 3 heterocycles. The fourth-order valence-electron chi connectivity index (χ4n) is 4.63. The summed E-state index contributed by atoms with van der Waals surface area (Å²) in [6.45, 7) is 4.33. The molecule has 0 radical (unpaired) electrons. The van der Waals surface area contributed by atoms with E-state index in [2.05, 4.69) is 21.3 Å². The van der Waals surface area contributed by atoms with E-state index in [0.29, 0.717) is 28.8 Å². The van der Waals surface area contributed by atoms with Gasteiger partial charge in [0.15, 0.2) is 0 Å². The van der Waals surface area contributed by atoms with Crippen LogP contribution in [0.2, 0.25) is 10.2 Å². The highest BCUT2D eigenvalue weighted by molar-refractivity contribution is 6.31. The van der Waals surface area contributed by atoms with E-state index in [9.17, 15) is 9.18 Å². The van der Waals surface area contributed by atoms with Crippen molar-refractivity contribution in [3.05, 3.63) is 105 Å². The molecule has 0 spiro atoms. The van der Waals surface area contributed by atoms with Gasteiger partial charge in [0.2, 0.25) is 0 Å². The standard InChI is InChI=1S/C28H25Cl2FN4O/c1-18-4-5-19(13-24(18)31)3-2-11-34-12-9-25-23(17-34)22-7-6-21(29)15-26(22)35(25)28(36)33-16-20-8-10-32-27(30)14-20/h2-8,10,13-15H,9,11-12,16-17H2,1H3,(H,33,36)/b3-2+. The van der Waals surface area contributed by atoms with E-state index in [4.69, 9.17) is 23.2 Å². The molecule has 0 aliphatic carbocycles. The largest absolute Gasteiger partial charge is 0.333 e. The van der Waals surface area contributed by atoms with Crippen molar-refractivity contribution in [3.63, 3.8) is 0 Å². The third kappa shape index (κ3) is 5.16. The molecule has 36 heavy (non-hydrogen) atoms. The normalized spacial score (nSPS) is 13.9. The first-order valence-corrected chi connectivity index (χ1v) is 12.5. The lowest BCUT2D eigenvalue weighted by molar-refractivity contribution is 0.240. The Labute approximate surface area is 219 Å². The minimum Gasteiger partial charge on any atom is -0.333 e. The van der Waals surface area contributed by atoms with Crippen LogP contribution in [0.15, 0.2) is 60.8 Å². The zero-order valence-electron chi connectivity index (χ0n) is 19.8. The average molecular weight is 523 g/mol. The van der Waals surface area contributed by atoms with Crippen LogP contribution in [0.1, 0.15) is 27.9 Å². The van der Waals surface area contributed by atoms with E-state index in [0.717, 1.165) is 52.8 Å². The third-order valence-electron chi connectivity index (χ3n) is 6.50. The molecule has 2 aromatic heterocycles. The Bertz CT molecular complexity index is 1480. The zero-order chi connectivity index (χ0) is 25.2. The Kier molecular flexibility index (Phi) is 7.10. The molecule has 0 saturated heterocycles. The van der Waals surface area contributed by atoms with Gasteiger partial charge in [-0.25, -0.2) is 14.2 Å². The predicted octanol–water partition coefficient (Wildman–Crippen LogP) is 6.62. The van der Waals surface area contributed by atoms with E-state index in [1.54, 1.807) is 35.9 Å². The summed E-state index contributed by atoms with van der Waals surface area (Å²) in [6, 6.07) is 14.3. The molecule has 5 nitrogen and oxygen atoms in total. The van der Waals surface area contributed by atoms with Crippen molar-refractivity contribution < 1.29 is 9.18 Å². The van der Waals surface area contributed by atoms with Crippen molar-refractivity contribution >= 4 is 46.2 Å². The molecule has 0 fully saturated rings. The van der Waals surface area contributed by atoms with Crippen LogP contribution in [0.5, 0.6) is 0 Å². The van der Waals surface area contributed by atoms with Crippen LogP contribution in [-0.4, -0.2) is 33.6 Å². The number of carbonyl (C=O) groups excluding carboxylic acids is 1. The SMILES string of the molecule is Cc1ccc(/C=C/CN2CCc3c(c4ccc(Cl)cc4n3C(=O)NCc3ccnc(Cl)c3)C2)cc1F. The van der Waals surface area contributed by atoms with E-state index < -0.39 is 0 Å². The summed E-state index contributed by atoms with van der Waals surface area (Å²) < 4.78 is 15.6. The highest BCUT2D eigenvalue weighted by atomic mass is 35.5. The molecule has 0 unspecified atom stereocenters. The number of amides is 1. The van der Waals surface area contributed by atoms with E-state index >= 15 is 0 Å². The number of rotatable bonds is 5. The maximum absolute atomic E-state index is 13.8. The second kappa shape index (κ2) is 10.4. The molecule has 0 atom stereocenters. The molecule has 1 amide bonds. The third-order valence-corrected chi connectivity index (χ3v) is 6.94. The molecule has 5 rings (SSSR count). The van der Waals surface area contributed by atoms with Gasteiger partial charge in [-0.1, -0.05) is 53.6 Å². The molecular weight excluding hydrogens is 498 g/mol. The summed E-state index contributed by atoms with van der Waals surface area (Å²) in [4.78, 5) is 19.6. The van der Waals surface area contributed by atoms with Gasteiger partial charge in [0.05, 0.1) is 5.52 Å². The molecule has 1 aliphatic rings. The van der Waals surface area contributed by atoms with Gasteiger partial charge in [0.1, 0.15) is 11.0 Å². The van der Waals surface area contributed by atoms with E-state index in [1.807, 2.05) is 36.4 Å². The van der Waals surface area contributed by atoms with Crippen LogP contribution in [0.25, 0.3) is 17.0 Å². The Hall–Kier alpha value is -3.19. The molecule has 4 aromatic rings. The Morgan fingerprint density at radius 2 is 2.03 bits per heavy atom. The summed E-state index contributed by atoms with van der Waals surface area (Å²) in [5.74, 6) is -0.198. The van der Waals surface area contributed by atoms with Gasteiger partial charge in [0.25, 0.3) is 0 Å². The van der Waals surface area contributed by atoms with Crippen LogP contribution in [0, 0.1) is 12.7 Å². The number of nitrogens with zero attached hydrogens (tertiary/aromatic N) is 3. The molecular formula is C28H25Cl2FN4O. The quantitative estimate of drug-likeness (QED) is 0.299. The van der Waals surface area contributed by atoms with Gasteiger partial charge in [-0.2, -0.15) is 0 Å². The van der Waals surface area contributed by atoms with E-state index in [1.165, 1.54) is 0 Å². The Balaban J connectivity index is 1.36. The number of pyridine rings is 1. The molecule has 2 aromatic carbocycles. The number of halogens is 3. The maximum Gasteiger partial charge on any atom is 0.326 e. The smallest absolute Gasteiger partial charge is 0.326 e. The van der Waals surface area contributed by atoms with Crippen LogP contribution >= 0.6 is 23.2 Å². The fraction of sp³-hybridized carbons (Fsp3) is 0.214. The number of aryl methyl sites for hydroxylation is 1. The Morgan fingerprint density at radius 1 is 1.17 bits per heavy atom. The maximum atomic E-state index is 13.8. The van der Waals surface area contributed by atoms with Crippen LogP contribution < -0.4 is 5.32 Å². The second-order valence-electron chi connectivity index (χ2n) is 8.96. The summed E-state index contributed by atoms with van der Waals surface area (Å²) in [7, 11) is 0. The van der Waals surface area contributed by atoms with Crippen molar-refractivity contribution in [2.45, 2.75) is 26.4 Å². The topological polar surface area (TPSA) is 50.2 Å². The lowest BCUT2D eigenvalue weighted by Gasteiger charge is -2.27. The number of aromatic nitrogens is 2. The number of nitrogens with one attached hydrogen (secondary N) is 1. The van der Waals surface area contributed by atoms with Gasteiger partial charge in [0, 0.05) is 54.9 Å². The number of fused-ring (bicyclic) bond motifs is 3. The minimum atomic E-state index is -0.203. The first-order valence-electron chi connectivity index (χ1n) is 11.7. The first kappa shape index (κ1) is 24.5. The second-order valence-corrected chi connectivity index (χ2v) is 9.79. The monoisotopic (exact) mass is 522 g/mol. The zero-order valence-corrected chi connectivity index (χ0v) is 21.3. The summed E-state index contributed by atoms with van der Waals surface area (Å²) in [5.41, 5.74) is 5.28. The lowest BCUT2D eigenvalue weighted by atomic mass is 10.0. The van der Waals surface area contributed by atoms with Gasteiger partial charge in [-0.05, 0) is 59.5 Å². The first-order chi connectivity index (χ1) is 17.4. The summed E-state index contributed by atoms with van der Waals surface area (Å²) in [5, 5.41) is 4.99. The molecule has 1 aliphatic heterocycles. The van der Waals surface area contributed by atoms with Crippen molar-refractivity contribution in [2.24, 2.45) is 0 Å². The van der Waals surface area contributed by atoms with Crippen molar-refractivity contribution in [1.82, 2.24) is 19.8 Å². The minimum absolute atomic E-state index is 0.198. The van der Waals surface area contributed by atoms with Gasteiger partial charge < -0.3 is 5.32 Å². The highest BCUT2D eigenvalue weighted by Gasteiger charge is 2.26. The number of hydrogen-bond acceptors (Lipinski definition) is 3. The number of hydrogen-bond donors (Lipinski definition) is 1.